The normalized spacial score (nSPS) is 14.2. The van der Waals surface area contributed by atoms with Crippen LogP contribution in [0.2, 0.25) is 0 Å². The second-order valence-corrected chi connectivity index (χ2v) is 8.26. The van der Waals surface area contributed by atoms with Gasteiger partial charge in [0.05, 0.1) is 5.56 Å². The van der Waals surface area contributed by atoms with Crippen LogP contribution in [0, 0.1) is 11.3 Å². The summed E-state index contributed by atoms with van der Waals surface area (Å²) in [7, 11) is 0. The number of nitrogens with zero attached hydrogens (tertiary/aromatic N) is 1. The van der Waals surface area contributed by atoms with Gasteiger partial charge in [-0.2, -0.15) is 5.26 Å². The van der Waals surface area contributed by atoms with E-state index in [9.17, 15) is 10.1 Å². The molecule has 0 fully saturated rings. The monoisotopic (exact) mass is 360 g/mol. The molecule has 25 heavy (non-hydrogen) atoms. The predicted molar refractivity (Wildman–Crippen MR) is 106 cm³/mol. The first-order valence-electron chi connectivity index (χ1n) is 10.1. The molecule has 0 saturated carbocycles. The summed E-state index contributed by atoms with van der Waals surface area (Å²) < 4.78 is 0. The van der Waals surface area contributed by atoms with Gasteiger partial charge in [0.25, 0.3) is 0 Å². The number of amides is 1. The number of hydrogen-bond donors (Lipinski definition) is 1. The molecule has 1 aliphatic rings. The molecule has 1 aromatic heterocycles. The van der Waals surface area contributed by atoms with Gasteiger partial charge in [-0.1, -0.05) is 58.3 Å². The van der Waals surface area contributed by atoms with E-state index in [4.69, 9.17) is 0 Å². The highest BCUT2D eigenvalue weighted by atomic mass is 32.1. The first-order valence-corrected chi connectivity index (χ1v) is 10.9. The molecule has 0 spiro atoms. The smallest absolute Gasteiger partial charge is 0.225 e. The molecule has 4 heteroatoms. The number of aryl methyl sites for hydroxylation is 1. The predicted octanol–water partition coefficient (Wildman–Crippen LogP) is 6.36. The Bertz CT molecular complexity index is 585. The zero-order valence-electron chi connectivity index (χ0n) is 15.7. The van der Waals surface area contributed by atoms with Crippen molar-refractivity contribution < 1.29 is 4.79 Å². The zero-order chi connectivity index (χ0) is 17.9. The number of anilines is 1. The van der Waals surface area contributed by atoms with Gasteiger partial charge in [0.1, 0.15) is 11.1 Å². The second-order valence-electron chi connectivity index (χ2n) is 7.15. The van der Waals surface area contributed by atoms with E-state index < -0.39 is 0 Å². The number of unbranched alkanes of at least 4 members (excludes halogenated alkanes) is 6. The lowest BCUT2D eigenvalue weighted by molar-refractivity contribution is -0.116. The summed E-state index contributed by atoms with van der Waals surface area (Å²) in [5.41, 5.74) is 1.94. The van der Waals surface area contributed by atoms with E-state index in [1.807, 2.05) is 0 Å². The average Bonchev–Trinajstić information content (AvgIpc) is 2.89. The molecule has 0 bridgehead atoms. The number of thiophene rings is 1. The summed E-state index contributed by atoms with van der Waals surface area (Å²) in [5.74, 6) is 0.0688. The Morgan fingerprint density at radius 2 is 1.72 bits per heavy atom. The minimum absolute atomic E-state index is 0.0688. The first-order chi connectivity index (χ1) is 12.3. The molecule has 1 aliphatic carbocycles. The number of carbonyl (C=O) groups excluding carboxylic acids is 1. The van der Waals surface area contributed by atoms with Crippen molar-refractivity contribution in [3.8, 4) is 6.07 Å². The molecule has 1 amide bonds. The number of carbonyl (C=O) groups is 1. The lowest BCUT2D eigenvalue weighted by atomic mass is 9.97. The maximum absolute atomic E-state index is 12.3. The molecule has 138 valence electrons. The SMILES string of the molecule is CCCCCCCCCC(=O)Nc1sc2c(c1C#N)CCCCCC2. The second kappa shape index (κ2) is 11.3. The molecule has 1 N–H and O–H groups in total. The number of fused-ring (bicyclic) bond motifs is 1. The van der Waals surface area contributed by atoms with Crippen molar-refractivity contribution in [2.75, 3.05) is 5.32 Å². The fourth-order valence-corrected chi connectivity index (χ4v) is 4.81. The summed E-state index contributed by atoms with van der Waals surface area (Å²) >= 11 is 1.64. The third kappa shape index (κ3) is 6.47. The highest BCUT2D eigenvalue weighted by molar-refractivity contribution is 7.16. The molecule has 0 unspecified atom stereocenters. The van der Waals surface area contributed by atoms with Crippen molar-refractivity contribution >= 4 is 22.2 Å². The van der Waals surface area contributed by atoms with E-state index in [2.05, 4.69) is 18.3 Å². The highest BCUT2D eigenvalue weighted by Gasteiger charge is 2.20. The third-order valence-corrected chi connectivity index (χ3v) is 6.25. The number of nitrogens with one attached hydrogen (secondary N) is 1. The molecule has 1 heterocycles. The van der Waals surface area contributed by atoms with Crippen molar-refractivity contribution in [2.24, 2.45) is 0 Å². The minimum Gasteiger partial charge on any atom is -0.317 e. The third-order valence-electron chi connectivity index (χ3n) is 5.04. The van der Waals surface area contributed by atoms with Crippen LogP contribution in [0.5, 0.6) is 0 Å². The summed E-state index contributed by atoms with van der Waals surface area (Å²) in [6, 6.07) is 2.35. The first kappa shape index (κ1) is 20.0. The molecule has 2 rings (SSSR count). The topological polar surface area (TPSA) is 52.9 Å². The molecule has 0 radical (unpaired) electrons. The standard InChI is InChI=1S/C21H32N2OS/c1-2-3-4-5-6-7-12-15-20(24)23-21-18(16-22)17-13-10-8-9-11-14-19(17)25-21/h2-15H2,1H3,(H,23,24). The van der Waals surface area contributed by atoms with Crippen LogP contribution in [-0.2, 0) is 17.6 Å². The molecule has 0 saturated heterocycles. The van der Waals surface area contributed by atoms with Gasteiger partial charge in [0.2, 0.25) is 5.91 Å². The number of hydrogen-bond acceptors (Lipinski definition) is 3. The summed E-state index contributed by atoms with van der Waals surface area (Å²) in [6.45, 7) is 2.23. The van der Waals surface area contributed by atoms with E-state index in [1.165, 1.54) is 61.8 Å². The van der Waals surface area contributed by atoms with Crippen LogP contribution in [0.1, 0.15) is 100.0 Å². The van der Waals surface area contributed by atoms with E-state index in [-0.39, 0.29) is 5.91 Å². The van der Waals surface area contributed by atoms with Gasteiger partial charge in [-0.15, -0.1) is 11.3 Å². The van der Waals surface area contributed by atoms with Crippen LogP contribution in [0.15, 0.2) is 0 Å². The van der Waals surface area contributed by atoms with Crippen molar-refractivity contribution in [1.82, 2.24) is 0 Å². The Balaban J connectivity index is 1.82. The van der Waals surface area contributed by atoms with E-state index in [0.29, 0.717) is 6.42 Å². The Kier molecular flexibility index (Phi) is 9.04. The molecule has 3 nitrogen and oxygen atoms in total. The van der Waals surface area contributed by atoms with Gasteiger partial charge in [-0.25, -0.2) is 0 Å². The number of rotatable bonds is 9. The Morgan fingerprint density at radius 3 is 2.44 bits per heavy atom. The number of nitriles is 1. The van der Waals surface area contributed by atoms with Gasteiger partial charge < -0.3 is 5.32 Å². The summed E-state index contributed by atoms with van der Waals surface area (Å²) in [6.07, 6.45) is 16.0. The van der Waals surface area contributed by atoms with Crippen LogP contribution in [0.4, 0.5) is 5.00 Å². The molecule has 0 atom stereocenters. The molecule has 0 aromatic carbocycles. The van der Waals surface area contributed by atoms with Crippen LogP contribution >= 0.6 is 11.3 Å². The van der Waals surface area contributed by atoms with Crippen LogP contribution in [0.3, 0.4) is 0 Å². The lowest BCUT2D eigenvalue weighted by Crippen LogP contribution is -2.11. The average molecular weight is 361 g/mol. The fraction of sp³-hybridized carbons (Fsp3) is 0.714. The van der Waals surface area contributed by atoms with Crippen molar-refractivity contribution in [2.45, 2.75) is 96.8 Å². The molecule has 0 aliphatic heterocycles. The van der Waals surface area contributed by atoms with Crippen LogP contribution < -0.4 is 5.32 Å². The molecular formula is C21H32N2OS. The van der Waals surface area contributed by atoms with E-state index >= 15 is 0 Å². The minimum atomic E-state index is 0.0688. The fourth-order valence-electron chi connectivity index (χ4n) is 3.56. The zero-order valence-corrected chi connectivity index (χ0v) is 16.5. The van der Waals surface area contributed by atoms with Gasteiger partial charge in [-0.3, -0.25) is 4.79 Å². The van der Waals surface area contributed by atoms with Gasteiger partial charge >= 0.3 is 0 Å². The largest absolute Gasteiger partial charge is 0.317 e. The maximum atomic E-state index is 12.3. The van der Waals surface area contributed by atoms with Crippen molar-refractivity contribution in [1.29, 1.82) is 5.26 Å². The van der Waals surface area contributed by atoms with Crippen molar-refractivity contribution in [3.05, 3.63) is 16.0 Å². The Labute approximate surface area is 156 Å². The maximum Gasteiger partial charge on any atom is 0.225 e. The molecule has 1 aromatic rings. The van der Waals surface area contributed by atoms with Crippen molar-refractivity contribution in [3.63, 3.8) is 0 Å². The van der Waals surface area contributed by atoms with Gasteiger partial charge in [0, 0.05) is 11.3 Å². The highest BCUT2D eigenvalue weighted by Crippen LogP contribution is 2.36. The van der Waals surface area contributed by atoms with Gasteiger partial charge in [0.15, 0.2) is 0 Å². The quantitative estimate of drug-likeness (QED) is 0.521. The summed E-state index contributed by atoms with van der Waals surface area (Å²) in [5, 5.41) is 13.4. The van der Waals surface area contributed by atoms with E-state index in [0.717, 1.165) is 42.7 Å². The summed E-state index contributed by atoms with van der Waals surface area (Å²) in [4.78, 5) is 13.6. The van der Waals surface area contributed by atoms with Crippen LogP contribution in [0.25, 0.3) is 0 Å². The molecular weight excluding hydrogens is 328 g/mol. The van der Waals surface area contributed by atoms with Crippen LogP contribution in [-0.4, -0.2) is 5.91 Å². The Morgan fingerprint density at radius 1 is 1.04 bits per heavy atom. The van der Waals surface area contributed by atoms with Gasteiger partial charge in [-0.05, 0) is 37.7 Å². The van der Waals surface area contributed by atoms with E-state index in [1.54, 1.807) is 11.3 Å². The lowest BCUT2D eigenvalue weighted by Gasteiger charge is -2.08. The Hall–Kier alpha value is -1.34.